The van der Waals surface area contributed by atoms with Crippen LogP contribution in [0.3, 0.4) is 0 Å². The van der Waals surface area contributed by atoms with Crippen molar-refractivity contribution in [2.24, 2.45) is 0 Å². The normalized spacial score (nSPS) is 10.7. The Bertz CT molecular complexity index is 553. The van der Waals surface area contributed by atoms with E-state index in [4.69, 9.17) is 4.84 Å². The lowest BCUT2D eigenvalue weighted by molar-refractivity contribution is -0.134. The Labute approximate surface area is 114 Å². The molecule has 0 radical (unpaired) electrons. The Kier molecular flexibility index (Phi) is 4.46. The first-order chi connectivity index (χ1) is 8.70. The van der Waals surface area contributed by atoms with E-state index in [9.17, 15) is 9.90 Å². The van der Waals surface area contributed by atoms with Crippen LogP contribution in [0, 0.1) is 0 Å². The second-order valence-electron chi connectivity index (χ2n) is 3.73. The Morgan fingerprint density at radius 1 is 1.50 bits per heavy atom. The minimum Gasteiger partial charge on any atom is -0.508 e. The molecule has 2 aromatic rings. The molecule has 0 aliphatic heterocycles. The molecule has 0 saturated carbocycles. The summed E-state index contributed by atoms with van der Waals surface area (Å²) in [6, 6.07) is 5.20. The minimum absolute atomic E-state index is 0.188. The molecule has 0 spiro atoms. The lowest BCUT2D eigenvalue weighted by atomic mass is 10.2. The third kappa shape index (κ3) is 3.16. The van der Waals surface area contributed by atoms with E-state index in [2.05, 4.69) is 18.1 Å². The van der Waals surface area contributed by atoms with E-state index >= 15 is 0 Å². The molecule has 0 aliphatic carbocycles. The van der Waals surface area contributed by atoms with Crippen LogP contribution in [0.25, 0.3) is 10.1 Å². The summed E-state index contributed by atoms with van der Waals surface area (Å²) in [5.74, 6) is 0.526. The Balaban J connectivity index is 1.99. The number of aromatic hydroxyl groups is 1. The molecule has 0 atom stereocenters. The molecule has 1 aromatic heterocycles. The molecule has 1 amide bonds. The smallest absolute Gasteiger partial charge is 0.244 e. The maximum absolute atomic E-state index is 11.2. The van der Waals surface area contributed by atoms with Crippen molar-refractivity contribution >= 4 is 40.0 Å². The molecule has 96 valence electrons. The molecule has 2 N–H and O–H groups in total. The number of hydrogen-bond acceptors (Lipinski definition) is 5. The van der Waals surface area contributed by atoms with Gasteiger partial charge in [0.1, 0.15) is 12.4 Å². The van der Waals surface area contributed by atoms with E-state index in [1.54, 1.807) is 23.5 Å². The Morgan fingerprint density at radius 2 is 2.33 bits per heavy atom. The van der Waals surface area contributed by atoms with Crippen LogP contribution < -0.4 is 5.48 Å². The number of phenols is 1. The van der Waals surface area contributed by atoms with Crippen LogP contribution in [0.2, 0.25) is 0 Å². The van der Waals surface area contributed by atoms with Gasteiger partial charge in [-0.25, -0.2) is 5.48 Å². The average Bonchev–Trinajstić information content (AvgIpc) is 2.72. The summed E-state index contributed by atoms with van der Waals surface area (Å²) in [5, 5.41) is 12.3. The van der Waals surface area contributed by atoms with Crippen molar-refractivity contribution < 1.29 is 14.7 Å². The fraction of sp³-hybridized carbons (Fsp3) is 0.250. The molecule has 0 saturated heterocycles. The molecule has 1 aromatic carbocycles. The maximum Gasteiger partial charge on any atom is 0.244 e. The molecule has 2 rings (SSSR count). The molecular weight excluding hydrogens is 270 g/mol. The summed E-state index contributed by atoms with van der Waals surface area (Å²) in [7, 11) is 0. The van der Waals surface area contributed by atoms with E-state index in [0.29, 0.717) is 12.2 Å². The number of rotatable bonds is 5. The van der Waals surface area contributed by atoms with E-state index in [1.807, 2.05) is 11.4 Å². The van der Waals surface area contributed by atoms with Crippen molar-refractivity contribution in [1.82, 2.24) is 5.48 Å². The molecule has 0 unspecified atom stereocenters. The highest BCUT2D eigenvalue weighted by Crippen LogP contribution is 2.29. The van der Waals surface area contributed by atoms with Crippen molar-refractivity contribution in [3.63, 3.8) is 0 Å². The predicted molar refractivity (Wildman–Crippen MR) is 74.9 cm³/mol. The van der Waals surface area contributed by atoms with Gasteiger partial charge in [0, 0.05) is 16.5 Å². The lowest BCUT2D eigenvalue weighted by Crippen LogP contribution is -2.23. The molecule has 0 bridgehead atoms. The number of carbonyl (C=O) groups excluding carboxylic acids is 1. The minimum atomic E-state index is -0.188. The van der Waals surface area contributed by atoms with Crippen LogP contribution in [0.4, 0.5) is 0 Å². The van der Waals surface area contributed by atoms with Crippen molar-refractivity contribution in [1.29, 1.82) is 0 Å². The Morgan fingerprint density at radius 3 is 3.11 bits per heavy atom. The van der Waals surface area contributed by atoms with E-state index in [1.165, 1.54) is 0 Å². The zero-order valence-corrected chi connectivity index (χ0v) is 11.3. The van der Waals surface area contributed by atoms with Crippen LogP contribution in [0.15, 0.2) is 23.6 Å². The molecule has 0 fully saturated rings. The van der Waals surface area contributed by atoms with Gasteiger partial charge in [0.05, 0.1) is 0 Å². The number of thiophene rings is 1. The van der Waals surface area contributed by atoms with E-state index in [0.717, 1.165) is 15.6 Å². The van der Waals surface area contributed by atoms with Gasteiger partial charge in [-0.1, -0.05) is 0 Å². The maximum atomic E-state index is 11.2. The summed E-state index contributed by atoms with van der Waals surface area (Å²) in [5.41, 5.74) is 3.30. The Hall–Kier alpha value is -1.24. The highest BCUT2D eigenvalue weighted by Gasteiger charge is 2.06. The summed E-state index contributed by atoms with van der Waals surface area (Å²) >= 11 is 5.53. The van der Waals surface area contributed by atoms with Crippen LogP contribution in [-0.4, -0.2) is 16.8 Å². The van der Waals surface area contributed by atoms with Gasteiger partial charge in [-0.05, 0) is 34.9 Å². The topological polar surface area (TPSA) is 58.6 Å². The third-order valence-corrected chi connectivity index (χ3v) is 3.63. The van der Waals surface area contributed by atoms with Gasteiger partial charge in [-0.3, -0.25) is 9.63 Å². The number of hydrogen-bond donors (Lipinski definition) is 3. The first kappa shape index (κ1) is 13.2. The molecule has 1 heterocycles. The SMILES string of the molecule is O=C(CCS)NOCc1csc2ccc(O)cc12. The van der Waals surface area contributed by atoms with Crippen LogP contribution in [0.1, 0.15) is 12.0 Å². The van der Waals surface area contributed by atoms with Gasteiger partial charge < -0.3 is 5.11 Å². The number of benzene rings is 1. The number of thiol groups is 1. The van der Waals surface area contributed by atoms with Gasteiger partial charge in [0.15, 0.2) is 0 Å². The highest BCUT2D eigenvalue weighted by atomic mass is 32.1. The standard InChI is InChI=1S/C12H13NO3S2/c14-9-1-2-11-10(5-9)8(7-18-11)6-16-13-12(15)3-4-17/h1-2,5,7,14,17H,3-4,6H2,(H,13,15). The number of amides is 1. The van der Waals surface area contributed by atoms with Gasteiger partial charge in [-0.15, -0.1) is 11.3 Å². The monoisotopic (exact) mass is 283 g/mol. The summed E-state index contributed by atoms with van der Waals surface area (Å²) < 4.78 is 1.08. The van der Waals surface area contributed by atoms with Crippen molar-refractivity contribution in [3.05, 3.63) is 29.1 Å². The van der Waals surface area contributed by atoms with Gasteiger partial charge in [0.25, 0.3) is 0 Å². The zero-order valence-electron chi connectivity index (χ0n) is 9.55. The highest BCUT2D eigenvalue weighted by molar-refractivity contribution is 7.80. The first-order valence-electron chi connectivity index (χ1n) is 5.41. The average molecular weight is 283 g/mol. The largest absolute Gasteiger partial charge is 0.508 e. The predicted octanol–water partition coefficient (Wildman–Crippen LogP) is 2.47. The number of fused-ring (bicyclic) bond motifs is 1. The summed E-state index contributed by atoms with van der Waals surface area (Å²) in [6.45, 7) is 0.280. The second kappa shape index (κ2) is 6.08. The van der Waals surface area contributed by atoms with Crippen LogP contribution >= 0.6 is 24.0 Å². The van der Waals surface area contributed by atoms with E-state index < -0.39 is 0 Å². The molecule has 6 heteroatoms. The zero-order chi connectivity index (χ0) is 13.0. The molecule has 4 nitrogen and oxygen atoms in total. The third-order valence-electron chi connectivity index (χ3n) is 2.39. The molecule has 0 aliphatic rings. The number of carbonyl (C=O) groups is 1. The fourth-order valence-electron chi connectivity index (χ4n) is 1.53. The van der Waals surface area contributed by atoms with Gasteiger partial charge >= 0.3 is 0 Å². The number of nitrogens with one attached hydrogen (secondary N) is 1. The van der Waals surface area contributed by atoms with Crippen molar-refractivity contribution in [2.75, 3.05) is 5.75 Å². The van der Waals surface area contributed by atoms with Crippen molar-refractivity contribution in [2.45, 2.75) is 13.0 Å². The van der Waals surface area contributed by atoms with Gasteiger partial charge in [-0.2, -0.15) is 12.6 Å². The summed E-state index contributed by atoms with van der Waals surface area (Å²) in [4.78, 5) is 16.3. The van der Waals surface area contributed by atoms with E-state index in [-0.39, 0.29) is 18.3 Å². The van der Waals surface area contributed by atoms with Gasteiger partial charge in [0.2, 0.25) is 5.91 Å². The lowest BCUT2D eigenvalue weighted by Gasteiger charge is -2.04. The number of phenolic OH excluding ortho intramolecular Hbond substituents is 1. The number of hydroxylamine groups is 1. The quantitative estimate of drug-likeness (QED) is 0.583. The second-order valence-corrected chi connectivity index (χ2v) is 5.09. The van der Waals surface area contributed by atoms with Crippen LogP contribution in [0.5, 0.6) is 5.75 Å². The van der Waals surface area contributed by atoms with Crippen molar-refractivity contribution in [3.8, 4) is 5.75 Å². The first-order valence-corrected chi connectivity index (χ1v) is 6.92. The summed E-state index contributed by atoms with van der Waals surface area (Å²) in [6.07, 6.45) is 0.328. The molecule has 18 heavy (non-hydrogen) atoms. The van der Waals surface area contributed by atoms with Crippen LogP contribution in [-0.2, 0) is 16.2 Å². The fourth-order valence-corrected chi connectivity index (χ4v) is 2.66. The molecular formula is C12H13NO3S2.